The molecule has 0 aliphatic rings. The molecule has 2 aromatic carbocycles. The number of rotatable bonds is 9. The van der Waals surface area contributed by atoms with Crippen LogP contribution in [0.4, 0.5) is 0 Å². The van der Waals surface area contributed by atoms with Crippen LogP contribution in [0.1, 0.15) is 34.3 Å². The van der Waals surface area contributed by atoms with Crippen molar-refractivity contribution in [1.82, 2.24) is 10.3 Å². The van der Waals surface area contributed by atoms with Crippen LogP contribution >= 0.6 is 0 Å². The number of nitrogens with one attached hydrogen (secondary N) is 2. The Hall–Kier alpha value is -3.61. The largest absolute Gasteiger partial charge is 0.496 e. The van der Waals surface area contributed by atoms with E-state index < -0.39 is 17.9 Å². The number of para-hydroxylation sites is 1. The number of fused-ring (bicyclic) bond motifs is 1. The minimum absolute atomic E-state index is 0.0366. The number of hydrogen-bond donors (Lipinski definition) is 3. The summed E-state index contributed by atoms with van der Waals surface area (Å²) in [5.74, 6) is -1.38. The average Bonchev–Trinajstić information content (AvgIpc) is 3.14. The molecule has 0 spiro atoms. The number of amides is 1. The first-order valence-corrected chi connectivity index (χ1v) is 9.64. The highest BCUT2D eigenvalue weighted by atomic mass is 16.5. The van der Waals surface area contributed by atoms with Crippen molar-refractivity contribution in [3.63, 3.8) is 0 Å². The lowest BCUT2D eigenvalue weighted by Crippen LogP contribution is -2.42. The lowest BCUT2D eigenvalue weighted by molar-refractivity contribution is -0.141. The number of Topliss-reactive ketones (excluding diaryl/α,β-unsaturated/α-hetero) is 1. The maximum atomic E-state index is 12.5. The average molecular weight is 408 g/mol. The zero-order valence-corrected chi connectivity index (χ0v) is 16.9. The number of carbonyl (C=O) groups excluding carboxylic acids is 2. The molecule has 0 radical (unpaired) electrons. The highest BCUT2D eigenvalue weighted by Gasteiger charge is 2.22. The monoisotopic (exact) mass is 408 g/mol. The van der Waals surface area contributed by atoms with Crippen molar-refractivity contribution in [3.8, 4) is 5.75 Å². The van der Waals surface area contributed by atoms with E-state index in [1.807, 2.05) is 37.3 Å². The van der Waals surface area contributed by atoms with Crippen molar-refractivity contribution >= 4 is 28.6 Å². The highest BCUT2D eigenvalue weighted by Crippen LogP contribution is 2.22. The standard InChI is InChI=1S/C23H24N2O5/c1-14-7-9-21(30-2)17(11-14)20(26)8-10-22(27)25-19(23(28)29)12-15-13-24-18-6-4-3-5-16(15)18/h3-7,9,11,13,19,24H,8,10,12H2,1-2H3,(H,25,27)(H,28,29). The van der Waals surface area contributed by atoms with Crippen LogP contribution < -0.4 is 10.1 Å². The predicted octanol–water partition coefficient (Wildman–Crippen LogP) is 3.26. The van der Waals surface area contributed by atoms with Gasteiger partial charge in [0.15, 0.2) is 5.78 Å². The first-order valence-electron chi connectivity index (χ1n) is 9.64. The molecule has 0 aliphatic carbocycles. The molecule has 0 saturated heterocycles. The molecule has 1 heterocycles. The quantitative estimate of drug-likeness (QED) is 0.471. The summed E-state index contributed by atoms with van der Waals surface area (Å²) in [6.07, 6.45) is 1.75. The van der Waals surface area contributed by atoms with Crippen LogP contribution in [0.2, 0.25) is 0 Å². The summed E-state index contributed by atoms with van der Waals surface area (Å²) in [6.45, 7) is 1.87. The molecule has 0 aliphatic heterocycles. The Bertz CT molecular complexity index is 1090. The van der Waals surface area contributed by atoms with Crippen molar-refractivity contribution in [2.45, 2.75) is 32.2 Å². The Morgan fingerprint density at radius 3 is 2.63 bits per heavy atom. The fourth-order valence-electron chi connectivity index (χ4n) is 3.39. The predicted molar refractivity (Wildman–Crippen MR) is 113 cm³/mol. The highest BCUT2D eigenvalue weighted by molar-refractivity contribution is 6.00. The van der Waals surface area contributed by atoms with E-state index in [-0.39, 0.29) is 25.0 Å². The van der Waals surface area contributed by atoms with E-state index in [0.29, 0.717) is 11.3 Å². The number of aryl methyl sites for hydroxylation is 1. The minimum atomic E-state index is -1.12. The van der Waals surface area contributed by atoms with E-state index in [1.165, 1.54) is 7.11 Å². The molecular formula is C23H24N2O5. The first kappa shape index (κ1) is 21.1. The third-order valence-corrected chi connectivity index (χ3v) is 4.97. The molecule has 7 nitrogen and oxygen atoms in total. The number of ether oxygens (including phenoxy) is 1. The number of ketones is 1. The minimum Gasteiger partial charge on any atom is -0.496 e. The van der Waals surface area contributed by atoms with Gasteiger partial charge in [0.25, 0.3) is 0 Å². The molecule has 1 unspecified atom stereocenters. The molecule has 30 heavy (non-hydrogen) atoms. The van der Waals surface area contributed by atoms with Gasteiger partial charge in [0.2, 0.25) is 5.91 Å². The van der Waals surface area contributed by atoms with E-state index in [0.717, 1.165) is 22.0 Å². The molecule has 0 fully saturated rings. The third kappa shape index (κ3) is 4.86. The van der Waals surface area contributed by atoms with Crippen LogP contribution in [-0.2, 0) is 16.0 Å². The van der Waals surface area contributed by atoms with Crippen molar-refractivity contribution in [1.29, 1.82) is 0 Å². The number of carboxylic acids is 1. The summed E-state index contributed by atoms with van der Waals surface area (Å²) >= 11 is 0. The summed E-state index contributed by atoms with van der Waals surface area (Å²) in [4.78, 5) is 39.6. The summed E-state index contributed by atoms with van der Waals surface area (Å²) in [5, 5.41) is 13.0. The van der Waals surface area contributed by atoms with Crippen LogP contribution in [0.15, 0.2) is 48.7 Å². The Morgan fingerprint density at radius 2 is 1.90 bits per heavy atom. The topological polar surface area (TPSA) is 108 Å². The van der Waals surface area contributed by atoms with Gasteiger partial charge in [0, 0.05) is 36.4 Å². The van der Waals surface area contributed by atoms with Crippen LogP contribution in [-0.4, -0.2) is 40.9 Å². The van der Waals surface area contributed by atoms with Crippen molar-refractivity contribution in [2.75, 3.05) is 7.11 Å². The van der Waals surface area contributed by atoms with E-state index >= 15 is 0 Å². The van der Waals surface area contributed by atoms with Gasteiger partial charge >= 0.3 is 5.97 Å². The number of aromatic nitrogens is 1. The molecule has 0 bridgehead atoms. The van der Waals surface area contributed by atoms with Gasteiger partial charge in [0.1, 0.15) is 11.8 Å². The molecule has 3 N–H and O–H groups in total. The summed E-state index contributed by atoms with van der Waals surface area (Å²) < 4.78 is 5.22. The number of carboxylic acid groups (broad SMARTS) is 1. The van der Waals surface area contributed by atoms with Gasteiger partial charge < -0.3 is 20.1 Å². The molecular weight excluding hydrogens is 384 g/mol. The Morgan fingerprint density at radius 1 is 1.13 bits per heavy atom. The molecule has 3 rings (SSSR count). The molecule has 7 heteroatoms. The Labute approximate surface area is 174 Å². The second kappa shape index (κ2) is 9.26. The summed E-state index contributed by atoms with van der Waals surface area (Å²) in [5.41, 5.74) is 3.03. The molecule has 156 valence electrons. The van der Waals surface area contributed by atoms with E-state index in [4.69, 9.17) is 4.74 Å². The first-order chi connectivity index (χ1) is 14.4. The zero-order chi connectivity index (χ0) is 21.7. The van der Waals surface area contributed by atoms with Crippen LogP contribution in [0.3, 0.4) is 0 Å². The SMILES string of the molecule is COc1ccc(C)cc1C(=O)CCC(=O)NC(Cc1c[nH]c2ccccc12)C(=O)O. The molecule has 1 aromatic heterocycles. The van der Waals surface area contributed by atoms with Gasteiger partial charge in [-0.05, 0) is 30.7 Å². The Balaban J connectivity index is 1.62. The van der Waals surface area contributed by atoms with Crippen LogP contribution in [0.25, 0.3) is 10.9 Å². The van der Waals surface area contributed by atoms with Gasteiger partial charge in [-0.3, -0.25) is 9.59 Å². The lowest BCUT2D eigenvalue weighted by Gasteiger charge is -2.14. The van der Waals surface area contributed by atoms with E-state index in [9.17, 15) is 19.5 Å². The Kier molecular flexibility index (Phi) is 6.51. The second-order valence-corrected chi connectivity index (χ2v) is 7.15. The van der Waals surface area contributed by atoms with Gasteiger partial charge in [-0.2, -0.15) is 0 Å². The number of carbonyl (C=O) groups is 3. The summed E-state index contributed by atoms with van der Waals surface area (Å²) in [6, 6.07) is 11.7. The van der Waals surface area contributed by atoms with Gasteiger partial charge in [-0.1, -0.05) is 29.8 Å². The van der Waals surface area contributed by atoms with Crippen molar-refractivity contribution in [3.05, 3.63) is 65.4 Å². The van der Waals surface area contributed by atoms with Crippen LogP contribution in [0.5, 0.6) is 5.75 Å². The van der Waals surface area contributed by atoms with Gasteiger partial charge in [0.05, 0.1) is 12.7 Å². The molecule has 3 aromatic rings. The number of methoxy groups -OCH3 is 1. The smallest absolute Gasteiger partial charge is 0.326 e. The van der Waals surface area contributed by atoms with Crippen LogP contribution in [0, 0.1) is 6.92 Å². The lowest BCUT2D eigenvalue weighted by atomic mass is 10.0. The molecule has 0 saturated carbocycles. The number of aromatic amines is 1. The second-order valence-electron chi connectivity index (χ2n) is 7.15. The van der Waals surface area contributed by atoms with Gasteiger partial charge in [-0.15, -0.1) is 0 Å². The zero-order valence-electron chi connectivity index (χ0n) is 16.9. The maximum Gasteiger partial charge on any atom is 0.326 e. The third-order valence-electron chi connectivity index (χ3n) is 4.97. The number of aliphatic carboxylic acids is 1. The van der Waals surface area contributed by atoms with Gasteiger partial charge in [-0.25, -0.2) is 4.79 Å². The number of H-pyrrole nitrogens is 1. The van der Waals surface area contributed by atoms with E-state index in [2.05, 4.69) is 10.3 Å². The van der Waals surface area contributed by atoms with Crippen molar-refractivity contribution in [2.24, 2.45) is 0 Å². The fourth-order valence-corrected chi connectivity index (χ4v) is 3.39. The summed E-state index contributed by atoms with van der Waals surface area (Å²) in [7, 11) is 1.48. The number of benzene rings is 2. The number of hydrogen-bond acceptors (Lipinski definition) is 4. The molecule has 1 atom stereocenters. The molecule has 1 amide bonds. The normalized spacial score (nSPS) is 11.8. The van der Waals surface area contributed by atoms with Crippen molar-refractivity contribution < 1.29 is 24.2 Å². The fraction of sp³-hybridized carbons (Fsp3) is 0.261. The van der Waals surface area contributed by atoms with E-state index in [1.54, 1.807) is 18.3 Å². The maximum absolute atomic E-state index is 12.5.